The highest BCUT2D eigenvalue weighted by atomic mass is 16.1. The van der Waals surface area contributed by atoms with Crippen LogP contribution in [0.15, 0.2) is 0 Å². The van der Waals surface area contributed by atoms with Crippen LogP contribution in [0.3, 0.4) is 0 Å². The van der Waals surface area contributed by atoms with Crippen molar-refractivity contribution in [1.29, 1.82) is 0 Å². The van der Waals surface area contributed by atoms with E-state index in [9.17, 15) is 4.79 Å². The Morgan fingerprint density at radius 3 is 2.36 bits per heavy atom. The normalized spacial score (nSPS) is 13.8. The van der Waals surface area contributed by atoms with Crippen molar-refractivity contribution in [2.75, 3.05) is 6.54 Å². The number of carbonyl (C=O) groups is 1. The molecule has 0 bridgehead atoms. The fraction of sp³-hybridized carbons (Fsp3) is 0.909. The van der Waals surface area contributed by atoms with Crippen molar-refractivity contribution in [2.24, 2.45) is 11.1 Å². The summed E-state index contributed by atoms with van der Waals surface area (Å²) in [5, 5.41) is 3.00. The Hall–Kier alpha value is -0.570. The van der Waals surface area contributed by atoms with E-state index in [1.807, 2.05) is 6.92 Å². The van der Waals surface area contributed by atoms with Gasteiger partial charge in [0.2, 0.25) is 5.91 Å². The highest BCUT2D eigenvalue weighted by molar-refractivity contribution is 5.76. The Labute approximate surface area is 87.4 Å². The van der Waals surface area contributed by atoms with Crippen molar-refractivity contribution in [2.45, 2.75) is 53.0 Å². The van der Waals surface area contributed by atoms with E-state index in [1.165, 1.54) is 0 Å². The molecule has 1 amide bonds. The minimum atomic E-state index is 0.128. The smallest absolute Gasteiger partial charge is 0.220 e. The van der Waals surface area contributed by atoms with E-state index in [1.54, 1.807) is 0 Å². The van der Waals surface area contributed by atoms with Gasteiger partial charge in [-0.05, 0) is 31.7 Å². The van der Waals surface area contributed by atoms with Crippen LogP contribution in [-0.2, 0) is 4.79 Å². The molecule has 84 valence electrons. The van der Waals surface area contributed by atoms with E-state index in [4.69, 9.17) is 5.73 Å². The quantitative estimate of drug-likeness (QED) is 0.663. The first-order valence-corrected chi connectivity index (χ1v) is 5.37. The van der Waals surface area contributed by atoms with Crippen LogP contribution in [0.5, 0.6) is 0 Å². The Bertz CT molecular complexity index is 173. The zero-order valence-electron chi connectivity index (χ0n) is 9.89. The van der Waals surface area contributed by atoms with Gasteiger partial charge in [-0.3, -0.25) is 4.79 Å². The van der Waals surface area contributed by atoms with Crippen molar-refractivity contribution in [1.82, 2.24) is 5.32 Å². The molecule has 0 heterocycles. The molecule has 0 aliphatic heterocycles. The maximum Gasteiger partial charge on any atom is 0.220 e. The van der Waals surface area contributed by atoms with Crippen LogP contribution >= 0.6 is 0 Å². The molecule has 0 saturated carbocycles. The van der Waals surface area contributed by atoms with Crippen molar-refractivity contribution in [3.05, 3.63) is 0 Å². The van der Waals surface area contributed by atoms with Crippen molar-refractivity contribution < 1.29 is 4.79 Å². The Kier molecular flexibility index (Phi) is 5.77. The van der Waals surface area contributed by atoms with E-state index >= 15 is 0 Å². The predicted molar refractivity (Wildman–Crippen MR) is 60.0 cm³/mol. The molecule has 0 fully saturated rings. The third kappa shape index (κ3) is 5.97. The Morgan fingerprint density at radius 2 is 1.93 bits per heavy atom. The molecule has 0 aromatic heterocycles. The largest absolute Gasteiger partial charge is 0.353 e. The third-order valence-corrected chi connectivity index (χ3v) is 2.53. The highest BCUT2D eigenvalue weighted by Gasteiger charge is 2.21. The summed E-state index contributed by atoms with van der Waals surface area (Å²) in [6, 6.07) is 0.216. The lowest BCUT2D eigenvalue weighted by Gasteiger charge is -2.28. The number of hydrogen-bond acceptors (Lipinski definition) is 2. The molecule has 0 aliphatic carbocycles. The van der Waals surface area contributed by atoms with Crippen LogP contribution in [0.1, 0.15) is 47.0 Å². The van der Waals surface area contributed by atoms with Crippen LogP contribution in [0.25, 0.3) is 0 Å². The second-order valence-corrected chi connectivity index (χ2v) is 4.90. The summed E-state index contributed by atoms with van der Waals surface area (Å²) >= 11 is 0. The Balaban J connectivity index is 3.72. The molecule has 0 spiro atoms. The van der Waals surface area contributed by atoms with Gasteiger partial charge in [0, 0.05) is 12.5 Å². The fourth-order valence-corrected chi connectivity index (χ4v) is 0.960. The van der Waals surface area contributed by atoms with Crippen LogP contribution in [-0.4, -0.2) is 18.5 Å². The number of nitrogens with two attached hydrogens (primary N) is 1. The fourth-order valence-electron chi connectivity index (χ4n) is 0.960. The first kappa shape index (κ1) is 13.4. The molecule has 0 saturated heterocycles. The van der Waals surface area contributed by atoms with Gasteiger partial charge in [-0.15, -0.1) is 0 Å². The van der Waals surface area contributed by atoms with E-state index < -0.39 is 0 Å². The lowest BCUT2D eigenvalue weighted by molar-refractivity contribution is -0.122. The number of amides is 1. The van der Waals surface area contributed by atoms with Crippen molar-refractivity contribution in [3.63, 3.8) is 0 Å². The van der Waals surface area contributed by atoms with Gasteiger partial charge in [0.25, 0.3) is 0 Å². The predicted octanol–water partition coefficient (Wildman–Crippen LogP) is 1.67. The van der Waals surface area contributed by atoms with Crippen LogP contribution < -0.4 is 11.1 Å². The maximum absolute atomic E-state index is 11.4. The topological polar surface area (TPSA) is 55.1 Å². The van der Waals surface area contributed by atoms with E-state index in [0.717, 1.165) is 12.8 Å². The highest BCUT2D eigenvalue weighted by Crippen LogP contribution is 2.18. The van der Waals surface area contributed by atoms with Gasteiger partial charge in [-0.25, -0.2) is 0 Å². The summed E-state index contributed by atoms with van der Waals surface area (Å²) in [5.74, 6) is 0.140. The number of rotatable bonds is 5. The van der Waals surface area contributed by atoms with Crippen molar-refractivity contribution >= 4 is 5.91 Å². The number of nitrogens with one attached hydrogen (secondary N) is 1. The van der Waals surface area contributed by atoms with Crippen molar-refractivity contribution in [3.8, 4) is 0 Å². The molecule has 1 atom stereocenters. The molecule has 3 N–H and O–H groups in total. The van der Waals surface area contributed by atoms with Crippen LogP contribution in [0, 0.1) is 5.41 Å². The standard InChI is InChI=1S/C11H24N2O/c1-9(11(2,3)4)13-10(14)7-5-6-8-12/h9H,5-8,12H2,1-4H3,(H,13,14). The van der Waals surface area contributed by atoms with Gasteiger partial charge < -0.3 is 11.1 Å². The lowest BCUT2D eigenvalue weighted by atomic mass is 9.88. The summed E-state index contributed by atoms with van der Waals surface area (Å²) in [5.41, 5.74) is 5.48. The van der Waals surface area contributed by atoms with Crippen LogP contribution in [0.4, 0.5) is 0 Å². The Morgan fingerprint density at radius 1 is 1.36 bits per heavy atom. The SMILES string of the molecule is CC(NC(=O)CCCCN)C(C)(C)C. The third-order valence-electron chi connectivity index (χ3n) is 2.53. The van der Waals surface area contributed by atoms with E-state index in [2.05, 4.69) is 26.1 Å². The first-order valence-electron chi connectivity index (χ1n) is 5.37. The second kappa shape index (κ2) is 6.02. The van der Waals surface area contributed by atoms with Gasteiger partial charge in [0.1, 0.15) is 0 Å². The zero-order chi connectivity index (χ0) is 11.2. The van der Waals surface area contributed by atoms with Gasteiger partial charge in [-0.1, -0.05) is 20.8 Å². The van der Waals surface area contributed by atoms with Gasteiger partial charge in [0.15, 0.2) is 0 Å². The molecular weight excluding hydrogens is 176 g/mol. The molecule has 0 aromatic rings. The summed E-state index contributed by atoms with van der Waals surface area (Å²) in [6.07, 6.45) is 2.41. The zero-order valence-corrected chi connectivity index (χ0v) is 9.89. The average molecular weight is 200 g/mol. The maximum atomic E-state index is 11.4. The summed E-state index contributed by atoms with van der Waals surface area (Å²) in [4.78, 5) is 11.4. The van der Waals surface area contributed by atoms with Gasteiger partial charge in [-0.2, -0.15) is 0 Å². The first-order chi connectivity index (χ1) is 6.38. The minimum absolute atomic E-state index is 0.128. The molecule has 1 unspecified atom stereocenters. The molecule has 14 heavy (non-hydrogen) atoms. The average Bonchev–Trinajstić information content (AvgIpc) is 2.03. The number of unbranched alkanes of at least 4 members (excludes halogenated alkanes) is 1. The molecule has 3 heteroatoms. The lowest BCUT2D eigenvalue weighted by Crippen LogP contribution is -2.41. The molecule has 3 nitrogen and oxygen atoms in total. The van der Waals surface area contributed by atoms with Gasteiger partial charge >= 0.3 is 0 Å². The minimum Gasteiger partial charge on any atom is -0.353 e. The van der Waals surface area contributed by atoms with Gasteiger partial charge in [0.05, 0.1) is 0 Å². The number of carbonyl (C=O) groups excluding carboxylic acids is 1. The summed E-state index contributed by atoms with van der Waals surface area (Å²) < 4.78 is 0. The van der Waals surface area contributed by atoms with Crippen LogP contribution in [0.2, 0.25) is 0 Å². The second-order valence-electron chi connectivity index (χ2n) is 4.90. The number of hydrogen-bond donors (Lipinski definition) is 2. The van der Waals surface area contributed by atoms with E-state index in [0.29, 0.717) is 13.0 Å². The monoisotopic (exact) mass is 200 g/mol. The molecular formula is C11H24N2O. The molecule has 0 rings (SSSR count). The summed E-state index contributed by atoms with van der Waals surface area (Å²) in [7, 11) is 0. The van der Waals surface area contributed by atoms with E-state index in [-0.39, 0.29) is 17.4 Å². The molecule has 0 aromatic carbocycles. The molecule has 0 aliphatic rings. The summed E-state index contributed by atoms with van der Waals surface area (Å²) in [6.45, 7) is 9.08. The molecule has 0 radical (unpaired) electrons.